The molecule has 0 bridgehead atoms. The van der Waals surface area contributed by atoms with E-state index in [1.807, 2.05) is 0 Å². The molecule has 0 radical (unpaired) electrons. The van der Waals surface area contributed by atoms with Crippen LogP contribution in [0.15, 0.2) is 45.3 Å². The number of ether oxygens (including phenoxy) is 2. The van der Waals surface area contributed by atoms with Crippen LogP contribution in [-0.4, -0.2) is 13.2 Å². The summed E-state index contributed by atoms with van der Waals surface area (Å²) in [5.74, 6) is 3.95. The Morgan fingerprint density at radius 3 is 1.82 bits per heavy atom. The minimum Gasteiger partial charge on any atom is -0.493 e. The van der Waals surface area contributed by atoms with Gasteiger partial charge in [-0.25, -0.2) is 0 Å². The van der Waals surface area contributed by atoms with Crippen molar-refractivity contribution in [1.82, 2.24) is 0 Å². The van der Waals surface area contributed by atoms with E-state index in [1.165, 1.54) is 38.5 Å². The SMILES string of the molecule is CCCC1CCC(C2COc3ccc(Br)cc3-c3cc(Br)ccc3OC2)CC1. The lowest BCUT2D eigenvalue weighted by atomic mass is 9.75. The average molecular weight is 508 g/mol. The van der Waals surface area contributed by atoms with Gasteiger partial charge in [0.05, 0.1) is 13.2 Å². The molecule has 0 amide bonds. The summed E-state index contributed by atoms with van der Waals surface area (Å²) in [5.41, 5.74) is 2.16. The summed E-state index contributed by atoms with van der Waals surface area (Å²) >= 11 is 7.22. The fourth-order valence-electron chi connectivity index (χ4n) is 4.75. The Kier molecular flexibility index (Phi) is 6.67. The Morgan fingerprint density at radius 2 is 1.32 bits per heavy atom. The maximum absolute atomic E-state index is 6.38. The molecule has 1 heterocycles. The highest BCUT2D eigenvalue weighted by Gasteiger charge is 2.30. The van der Waals surface area contributed by atoms with Gasteiger partial charge in [-0.2, -0.15) is 0 Å². The van der Waals surface area contributed by atoms with E-state index >= 15 is 0 Å². The number of hydrogen-bond donors (Lipinski definition) is 0. The summed E-state index contributed by atoms with van der Waals surface area (Å²) in [6, 6.07) is 12.5. The number of halogens is 2. The van der Waals surface area contributed by atoms with Crippen molar-refractivity contribution in [2.75, 3.05) is 13.2 Å². The van der Waals surface area contributed by atoms with Crippen LogP contribution in [0.2, 0.25) is 0 Å². The predicted octanol–water partition coefficient (Wildman–Crippen LogP) is 7.87. The van der Waals surface area contributed by atoms with E-state index in [-0.39, 0.29) is 0 Å². The quantitative estimate of drug-likeness (QED) is 0.420. The first kappa shape index (κ1) is 20.3. The van der Waals surface area contributed by atoms with E-state index in [2.05, 4.69) is 75.2 Å². The predicted molar refractivity (Wildman–Crippen MR) is 122 cm³/mol. The van der Waals surface area contributed by atoms with E-state index in [1.54, 1.807) is 0 Å². The summed E-state index contributed by atoms with van der Waals surface area (Å²) < 4.78 is 14.9. The van der Waals surface area contributed by atoms with Gasteiger partial charge in [-0.1, -0.05) is 64.5 Å². The van der Waals surface area contributed by atoms with Crippen LogP contribution in [-0.2, 0) is 0 Å². The van der Waals surface area contributed by atoms with Gasteiger partial charge >= 0.3 is 0 Å². The molecule has 150 valence electrons. The molecule has 0 atom stereocenters. The van der Waals surface area contributed by atoms with E-state index < -0.39 is 0 Å². The minimum absolute atomic E-state index is 0.439. The van der Waals surface area contributed by atoms with Gasteiger partial charge < -0.3 is 9.47 Å². The number of fused-ring (bicyclic) bond motifs is 3. The van der Waals surface area contributed by atoms with Gasteiger partial charge in [0.1, 0.15) is 11.5 Å². The van der Waals surface area contributed by atoms with Gasteiger partial charge in [0.15, 0.2) is 0 Å². The summed E-state index contributed by atoms with van der Waals surface area (Å²) in [7, 11) is 0. The van der Waals surface area contributed by atoms with E-state index in [4.69, 9.17) is 9.47 Å². The van der Waals surface area contributed by atoms with Crippen LogP contribution >= 0.6 is 31.9 Å². The Morgan fingerprint density at radius 1 is 0.786 bits per heavy atom. The van der Waals surface area contributed by atoms with Crippen LogP contribution in [0.1, 0.15) is 45.4 Å². The molecular formula is C24H28Br2O2. The number of benzene rings is 2. The fraction of sp³-hybridized carbons (Fsp3) is 0.500. The first-order valence-corrected chi connectivity index (χ1v) is 12.1. The third-order valence-corrected chi connectivity index (χ3v) is 7.32. The standard InChI is InChI=1S/C24H28Br2O2/c1-2-3-16-4-6-17(7-5-16)18-14-27-23-10-8-19(25)12-21(23)22-13-20(26)9-11-24(22)28-15-18/h8-13,16-18H,2-7,14-15H2,1H3. The molecule has 0 unspecified atom stereocenters. The molecule has 28 heavy (non-hydrogen) atoms. The largest absolute Gasteiger partial charge is 0.493 e. The lowest BCUT2D eigenvalue weighted by Crippen LogP contribution is -2.30. The Balaban J connectivity index is 1.59. The fourth-order valence-corrected chi connectivity index (χ4v) is 5.47. The maximum Gasteiger partial charge on any atom is 0.127 e. The molecule has 2 aliphatic rings. The zero-order chi connectivity index (χ0) is 19.5. The number of hydrogen-bond acceptors (Lipinski definition) is 2. The van der Waals surface area contributed by atoms with Gasteiger partial charge in [-0.3, -0.25) is 0 Å². The summed E-state index contributed by atoms with van der Waals surface area (Å²) in [6.07, 6.45) is 8.04. The van der Waals surface area contributed by atoms with Crippen molar-refractivity contribution < 1.29 is 9.47 Å². The van der Waals surface area contributed by atoms with E-state index in [0.29, 0.717) is 11.8 Å². The second-order valence-corrected chi connectivity index (χ2v) is 10.1. The molecule has 0 saturated heterocycles. The van der Waals surface area contributed by atoms with Crippen molar-refractivity contribution in [3.8, 4) is 22.6 Å². The summed E-state index contributed by atoms with van der Waals surface area (Å²) in [6.45, 7) is 3.76. The third-order valence-electron chi connectivity index (χ3n) is 6.33. The van der Waals surface area contributed by atoms with Crippen LogP contribution in [0.25, 0.3) is 11.1 Å². The monoisotopic (exact) mass is 506 g/mol. The van der Waals surface area contributed by atoms with Crippen molar-refractivity contribution in [3.63, 3.8) is 0 Å². The van der Waals surface area contributed by atoms with E-state index in [0.717, 1.165) is 50.7 Å². The first-order valence-electron chi connectivity index (χ1n) is 10.5. The molecule has 1 fully saturated rings. The molecule has 1 saturated carbocycles. The molecule has 4 rings (SSSR count). The lowest BCUT2D eigenvalue weighted by molar-refractivity contribution is 0.0982. The molecule has 2 nitrogen and oxygen atoms in total. The highest BCUT2D eigenvalue weighted by Crippen LogP contribution is 2.42. The lowest BCUT2D eigenvalue weighted by Gasteiger charge is -2.33. The topological polar surface area (TPSA) is 18.5 Å². The van der Waals surface area contributed by atoms with Gasteiger partial charge in [-0.05, 0) is 61.1 Å². The maximum atomic E-state index is 6.38. The Bertz CT molecular complexity index is 757. The van der Waals surface area contributed by atoms with Crippen molar-refractivity contribution in [2.45, 2.75) is 45.4 Å². The first-order chi connectivity index (χ1) is 13.6. The zero-order valence-electron chi connectivity index (χ0n) is 16.4. The highest BCUT2D eigenvalue weighted by atomic mass is 79.9. The molecule has 1 aliphatic heterocycles. The molecule has 0 aromatic heterocycles. The van der Waals surface area contributed by atoms with Crippen LogP contribution in [0.5, 0.6) is 11.5 Å². The zero-order valence-corrected chi connectivity index (χ0v) is 19.6. The minimum atomic E-state index is 0.439. The second-order valence-electron chi connectivity index (χ2n) is 8.23. The Labute approximate surface area is 185 Å². The van der Waals surface area contributed by atoms with Gasteiger partial charge in [0.25, 0.3) is 0 Å². The van der Waals surface area contributed by atoms with Gasteiger partial charge in [-0.15, -0.1) is 0 Å². The molecule has 0 spiro atoms. The molecular weight excluding hydrogens is 480 g/mol. The van der Waals surface area contributed by atoms with Crippen molar-refractivity contribution in [3.05, 3.63) is 45.3 Å². The van der Waals surface area contributed by atoms with Crippen LogP contribution in [0.3, 0.4) is 0 Å². The normalized spacial score (nSPS) is 22.7. The molecule has 2 aromatic carbocycles. The molecule has 1 aliphatic carbocycles. The summed E-state index contributed by atoms with van der Waals surface area (Å²) in [5, 5.41) is 0. The van der Waals surface area contributed by atoms with Crippen LogP contribution in [0, 0.1) is 17.8 Å². The number of rotatable bonds is 3. The van der Waals surface area contributed by atoms with Gasteiger partial charge in [0, 0.05) is 26.0 Å². The highest BCUT2D eigenvalue weighted by molar-refractivity contribution is 9.10. The van der Waals surface area contributed by atoms with Crippen LogP contribution in [0.4, 0.5) is 0 Å². The summed E-state index contributed by atoms with van der Waals surface area (Å²) in [4.78, 5) is 0. The molecule has 0 N–H and O–H groups in total. The van der Waals surface area contributed by atoms with Crippen molar-refractivity contribution >= 4 is 31.9 Å². The second kappa shape index (κ2) is 9.21. The van der Waals surface area contributed by atoms with E-state index in [9.17, 15) is 0 Å². The Hall–Kier alpha value is -1.00. The average Bonchev–Trinajstić information content (AvgIpc) is 2.77. The van der Waals surface area contributed by atoms with Crippen molar-refractivity contribution in [2.24, 2.45) is 17.8 Å². The molecule has 4 heteroatoms. The third kappa shape index (κ3) is 4.59. The van der Waals surface area contributed by atoms with Crippen molar-refractivity contribution in [1.29, 1.82) is 0 Å². The molecule has 2 aromatic rings. The van der Waals surface area contributed by atoms with Gasteiger partial charge in [0.2, 0.25) is 0 Å². The van der Waals surface area contributed by atoms with Crippen LogP contribution < -0.4 is 9.47 Å². The smallest absolute Gasteiger partial charge is 0.127 e.